The fourth-order valence-electron chi connectivity index (χ4n) is 1.20. The van der Waals surface area contributed by atoms with Gasteiger partial charge in [0.15, 0.2) is 0 Å². The molecule has 0 atom stereocenters. The van der Waals surface area contributed by atoms with Gasteiger partial charge >= 0.3 is 7.82 Å². The minimum Gasteiger partial charge on any atom is -0.329 e. The quantitative estimate of drug-likeness (QED) is 0.541. The van der Waals surface area contributed by atoms with Gasteiger partial charge in [-0.1, -0.05) is 20.8 Å². The Balaban J connectivity index is 4.41. The van der Waals surface area contributed by atoms with Gasteiger partial charge in [0.05, 0.1) is 0 Å². The minimum atomic E-state index is -4.28. The lowest BCUT2D eigenvalue weighted by molar-refractivity contribution is 0.277. The van der Waals surface area contributed by atoms with Gasteiger partial charge in [-0.3, -0.25) is 0 Å². The van der Waals surface area contributed by atoms with Crippen molar-refractivity contribution in [2.75, 3.05) is 0 Å². The van der Waals surface area contributed by atoms with E-state index in [0.29, 0.717) is 0 Å². The van der Waals surface area contributed by atoms with Crippen molar-refractivity contribution in [1.29, 1.82) is 0 Å². The van der Waals surface area contributed by atoms with Gasteiger partial charge in [-0.05, 0) is 18.1 Å². The van der Waals surface area contributed by atoms with Gasteiger partial charge in [-0.2, -0.15) is 0 Å². The molecule has 0 radical (unpaired) electrons. The number of rotatable bonds is 5. The van der Waals surface area contributed by atoms with Crippen LogP contribution in [0.5, 0.6) is 0 Å². The third-order valence-corrected chi connectivity index (χ3v) is 8.61. The molecule has 2 N–H and O–H groups in total. The first-order valence-corrected chi connectivity index (χ1v) is 8.21. The van der Waals surface area contributed by atoms with Crippen LogP contribution in [0.4, 0.5) is 0 Å². The summed E-state index contributed by atoms with van der Waals surface area (Å²) in [6.07, 6.45) is 0. The monoisotopic (exact) mass is 212 g/mol. The van der Waals surface area contributed by atoms with E-state index in [4.69, 9.17) is 14.0 Å². The lowest BCUT2D eigenvalue weighted by Gasteiger charge is -2.27. The van der Waals surface area contributed by atoms with E-state index in [0.717, 1.165) is 18.1 Å². The van der Waals surface area contributed by atoms with Gasteiger partial charge in [-0.15, -0.1) is 0 Å². The third-order valence-electron chi connectivity index (χ3n) is 2.25. The van der Waals surface area contributed by atoms with Crippen LogP contribution < -0.4 is 0 Å². The molecule has 74 valence electrons. The van der Waals surface area contributed by atoms with Crippen molar-refractivity contribution < 1.29 is 18.6 Å². The first-order chi connectivity index (χ1) is 5.39. The average molecular weight is 212 g/mol. The Kier molecular flexibility index (Phi) is 4.65. The van der Waals surface area contributed by atoms with Crippen LogP contribution in [0.1, 0.15) is 20.8 Å². The van der Waals surface area contributed by atoms with E-state index in [-0.39, 0.29) is 0 Å². The van der Waals surface area contributed by atoms with Crippen molar-refractivity contribution in [1.82, 2.24) is 0 Å². The lowest BCUT2D eigenvalue weighted by atomic mass is 10.9. The molecule has 0 aromatic rings. The molecule has 0 aromatic carbocycles. The maximum Gasteiger partial charge on any atom is 0.459 e. The first kappa shape index (κ1) is 12.3. The van der Waals surface area contributed by atoms with Crippen molar-refractivity contribution in [3.63, 3.8) is 0 Å². The van der Waals surface area contributed by atoms with Crippen LogP contribution in [-0.4, -0.2) is 18.1 Å². The molecular formula is C6H17O4PSi. The number of hydrogen-bond acceptors (Lipinski definition) is 2. The van der Waals surface area contributed by atoms with Crippen molar-refractivity contribution in [2.24, 2.45) is 0 Å². The molecule has 0 unspecified atom stereocenters. The minimum absolute atomic E-state index is 0.755. The van der Waals surface area contributed by atoms with Crippen molar-refractivity contribution in [3.05, 3.63) is 0 Å². The summed E-state index contributed by atoms with van der Waals surface area (Å²) < 4.78 is 15.5. The predicted molar refractivity (Wildman–Crippen MR) is 50.3 cm³/mol. The molecule has 0 aliphatic heterocycles. The fourth-order valence-corrected chi connectivity index (χ4v) is 6.26. The van der Waals surface area contributed by atoms with E-state index in [1.165, 1.54) is 0 Å². The molecule has 0 rings (SSSR count). The maximum atomic E-state index is 10.6. The Morgan fingerprint density at radius 1 is 1.17 bits per heavy atom. The van der Waals surface area contributed by atoms with Gasteiger partial charge < -0.3 is 14.0 Å². The van der Waals surface area contributed by atoms with E-state index in [1.54, 1.807) is 0 Å². The fraction of sp³-hybridized carbons (Fsp3) is 1.00. The van der Waals surface area contributed by atoms with E-state index < -0.39 is 16.1 Å². The molecule has 0 aromatic heterocycles. The molecule has 12 heavy (non-hydrogen) atoms. The third kappa shape index (κ3) is 3.82. The molecule has 0 aliphatic carbocycles. The van der Waals surface area contributed by atoms with Gasteiger partial charge in [0.1, 0.15) is 0 Å². The second kappa shape index (κ2) is 4.53. The molecule has 4 nitrogen and oxygen atoms in total. The van der Waals surface area contributed by atoms with E-state index >= 15 is 0 Å². The smallest absolute Gasteiger partial charge is 0.329 e. The molecule has 0 saturated carbocycles. The number of hydrogen-bond donors (Lipinski definition) is 2. The zero-order chi connectivity index (χ0) is 9.83. The molecule has 0 fully saturated rings. The summed E-state index contributed by atoms with van der Waals surface area (Å²) in [6, 6.07) is 2.27. The summed E-state index contributed by atoms with van der Waals surface area (Å²) in [5, 5.41) is 0. The van der Waals surface area contributed by atoms with Crippen molar-refractivity contribution in [3.8, 4) is 0 Å². The largest absolute Gasteiger partial charge is 0.459 e. The second-order valence-corrected chi connectivity index (χ2v) is 9.02. The highest BCUT2D eigenvalue weighted by atomic mass is 31.2. The van der Waals surface area contributed by atoms with Crippen LogP contribution >= 0.6 is 7.82 Å². The Morgan fingerprint density at radius 2 is 1.50 bits per heavy atom. The zero-order valence-electron chi connectivity index (χ0n) is 7.78. The standard InChI is InChI=1S/C6H17O4PSi/c1-4-12(5-2,6-3)10-11(7,8)9/h4-6H2,1-3H3,(H2,7,8,9). The second-order valence-electron chi connectivity index (χ2n) is 2.83. The molecule has 0 bridgehead atoms. The van der Waals surface area contributed by atoms with E-state index in [1.807, 2.05) is 20.8 Å². The molecular weight excluding hydrogens is 195 g/mol. The van der Waals surface area contributed by atoms with Gasteiger partial charge in [0.25, 0.3) is 0 Å². The average Bonchev–Trinajstić information content (AvgIpc) is 1.99. The van der Waals surface area contributed by atoms with Gasteiger partial charge in [0.2, 0.25) is 8.32 Å². The van der Waals surface area contributed by atoms with Crippen LogP contribution in [0.3, 0.4) is 0 Å². The summed E-state index contributed by atoms with van der Waals surface area (Å²) in [7, 11) is -6.39. The zero-order valence-corrected chi connectivity index (χ0v) is 9.67. The predicted octanol–water partition coefficient (Wildman–Crippen LogP) is 2.10. The Hall–Kier alpha value is 0.327. The van der Waals surface area contributed by atoms with E-state index in [2.05, 4.69) is 0 Å². The molecule has 6 heteroatoms. The Morgan fingerprint density at radius 3 is 1.58 bits per heavy atom. The molecule has 0 aliphatic rings. The maximum absolute atomic E-state index is 10.6. The summed E-state index contributed by atoms with van der Waals surface area (Å²) >= 11 is 0. The first-order valence-electron chi connectivity index (χ1n) is 4.15. The molecule has 0 spiro atoms. The van der Waals surface area contributed by atoms with Crippen LogP contribution in [0.15, 0.2) is 0 Å². The lowest BCUT2D eigenvalue weighted by Crippen LogP contribution is -2.34. The topological polar surface area (TPSA) is 66.8 Å². The highest BCUT2D eigenvalue weighted by Crippen LogP contribution is 2.43. The molecule has 0 heterocycles. The summed E-state index contributed by atoms with van der Waals surface area (Å²) in [5.74, 6) is 0. The summed E-state index contributed by atoms with van der Waals surface area (Å²) in [4.78, 5) is 17.3. The summed E-state index contributed by atoms with van der Waals surface area (Å²) in [6.45, 7) is 5.78. The molecule has 0 amide bonds. The number of phosphoric acid groups is 1. The van der Waals surface area contributed by atoms with Crippen molar-refractivity contribution in [2.45, 2.75) is 38.9 Å². The highest BCUT2D eigenvalue weighted by Gasteiger charge is 2.35. The Labute approximate surface area is 74.3 Å². The van der Waals surface area contributed by atoms with Crippen LogP contribution in [0.25, 0.3) is 0 Å². The van der Waals surface area contributed by atoms with E-state index in [9.17, 15) is 4.57 Å². The highest BCUT2D eigenvalue weighted by molar-refractivity contribution is 7.48. The van der Waals surface area contributed by atoms with Crippen molar-refractivity contribution >= 4 is 16.1 Å². The van der Waals surface area contributed by atoms with Crippen LogP contribution in [0, 0.1) is 0 Å². The van der Waals surface area contributed by atoms with Crippen LogP contribution in [-0.2, 0) is 8.78 Å². The Bertz CT molecular complexity index is 166. The van der Waals surface area contributed by atoms with Gasteiger partial charge in [0, 0.05) is 0 Å². The molecule has 0 saturated heterocycles. The SMILES string of the molecule is CC[Si](CC)(CC)OP(=O)(O)O. The van der Waals surface area contributed by atoms with Gasteiger partial charge in [-0.25, -0.2) is 4.57 Å². The summed E-state index contributed by atoms with van der Waals surface area (Å²) in [5.41, 5.74) is 0. The van der Waals surface area contributed by atoms with Crippen LogP contribution in [0.2, 0.25) is 18.1 Å². The normalized spacial score (nSPS) is 13.4.